The Hall–Kier alpha value is -1.50. The number of carbonyl (C=O) groups is 1. The van der Waals surface area contributed by atoms with E-state index in [4.69, 9.17) is 5.11 Å². The minimum atomic E-state index is -3.52. The maximum atomic E-state index is 13.7. The van der Waals surface area contributed by atoms with Gasteiger partial charge in [0.1, 0.15) is 17.2 Å². The van der Waals surface area contributed by atoms with Crippen LogP contribution >= 0.6 is 0 Å². The van der Waals surface area contributed by atoms with Gasteiger partial charge in [-0.25, -0.2) is 22.0 Å². The van der Waals surface area contributed by atoms with Crippen LogP contribution < -0.4 is 0 Å². The zero-order valence-electron chi connectivity index (χ0n) is 9.61. The summed E-state index contributed by atoms with van der Waals surface area (Å²) < 4.78 is 49.8. The van der Waals surface area contributed by atoms with Crippen molar-refractivity contribution in [1.29, 1.82) is 0 Å². The van der Waals surface area contributed by atoms with E-state index in [0.29, 0.717) is 6.42 Å². The zero-order chi connectivity index (χ0) is 13.9. The van der Waals surface area contributed by atoms with Crippen LogP contribution in [0, 0.1) is 11.6 Å². The summed E-state index contributed by atoms with van der Waals surface area (Å²) in [6.45, 7) is 1.65. The van der Waals surface area contributed by atoms with E-state index >= 15 is 0 Å². The number of benzene rings is 1. The minimum absolute atomic E-state index is 0.133. The van der Waals surface area contributed by atoms with Gasteiger partial charge in [0.2, 0.25) is 0 Å². The van der Waals surface area contributed by atoms with Gasteiger partial charge in [-0.2, -0.15) is 0 Å². The monoisotopic (exact) mass is 278 g/mol. The summed E-state index contributed by atoms with van der Waals surface area (Å²) in [7, 11) is -3.52. The second-order valence-corrected chi connectivity index (χ2v) is 5.98. The number of hydrogen-bond donors (Lipinski definition) is 1. The number of hydrogen-bond acceptors (Lipinski definition) is 3. The molecule has 18 heavy (non-hydrogen) atoms. The van der Waals surface area contributed by atoms with Gasteiger partial charge in [-0.15, -0.1) is 0 Å². The molecule has 1 N–H and O–H groups in total. The summed E-state index contributed by atoms with van der Waals surface area (Å²) in [6.07, 6.45) is 0.372. The molecule has 0 fully saturated rings. The van der Waals surface area contributed by atoms with Crippen molar-refractivity contribution in [3.8, 4) is 0 Å². The second-order valence-electron chi connectivity index (χ2n) is 3.79. The third-order valence-electron chi connectivity index (χ3n) is 2.28. The summed E-state index contributed by atoms with van der Waals surface area (Å²) in [5.41, 5.74) is -1.46. The lowest BCUT2D eigenvalue weighted by Gasteiger charge is -2.07. The first-order valence-electron chi connectivity index (χ1n) is 5.19. The van der Waals surface area contributed by atoms with E-state index in [2.05, 4.69) is 0 Å². The second kappa shape index (κ2) is 5.43. The molecule has 0 aromatic heterocycles. The number of halogens is 2. The summed E-state index contributed by atoms with van der Waals surface area (Å²) in [5, 5.41) is 8.64. The molecule has 0 spiro atoms. The number of carboxylic acid groups (broad SMARTS) is 1. The van der Waals surface area contributed by atoms with Gasteiger partial charge in [-0.1, -0.05) is 13.0 Å². The molecule has 1 aromatic rings. The molecule has 0 heterocycles. The predicted octanol–water partition coefficient (Wildman–Crippen LogP) is 1.99. The fourth-order valence-electron chi connectivity index (χ4n) is 1.52. The van der Waals surface area contributed by atoms with Crippen LogP contribution in [0.1, 0.15) is 29.3 Å². The van der Waals surface area contributed by atoms with Crippen LogP contribution in [-0.2, 0) is 15.6 Å². The van der Waals surface area contributed by atoms with E-state index in [-0.39, 0.29) is 11.3 Å². The summed E-state index contributed by atoms with van der Waals surface area (Å²) in [5.74, 6) is -5.09. The van der Waals surface area contributed by atoms with Crippen molar-refractivity contribution in [2.45, 2.75) is 19.1 Å². The van der Waals surface area contributed by atoms with Gasteiger partial charge < -0.3 is 5.11 Å². The molecule has 0 saturated carbocycles. The molecule has 0 aliphatic carbocycles. The first-order chi connectivity index (χ1) is 8.28. The Morgan fingerprint density at radius 3 is 2.44 bits per heavy atom. The first kappa shape index (κ1) is 14.6. The van der Waals surface area contributed by atoms with Gasteiger partial charge in [0.25, 0.3) is 0 Å². The van der Waals surface area contributed by atoms with E-state index in [1.54, 1.807) is 6.92 Å². The van der Waals surface area contributed by atoms with Crippen molar-refractivity contribution in [3.63, 3.8) is 0 Å². The molecule has 0 aliphatic heterocycles. The van der Waals surface area contributed by atoms with E-state index in [0.717, 1.165) is 12.1 Å². The van der Waals surface area contributed by atoms with Crippen LogP contribution in [0.4, 0.5) is 8.78 Å². The smallest absolute Gasteiger partial charge is 0.341 e. The third-order valence-corrected chi connectivity index (χ3v) is 4.06. The maximum absolute atomic E-state index is 13.7. The highest BCUT2D eigenvalue weighted by Crippen LogP contribution is 2.19. The zero-order valence-corrected chi connectivity index (χ0v) is 10.4. The van der Waals surface area contributed by atoms with Crippen LogP contribution in [0.2, 0.25) is 0 Å². The van der Waals surface area contributed by atoms with Crippen LogP contribution in [0.3, 0.4) is 0 Å². The Bertz CT molecular complexity index is 567. The van der Waals surface area contributed by atoms with E-state index < -0.39 is 38.8 Å². The summed E-state index contributed by atoms with van der Waals surface area (Å²) >= 11 is 0. The molecule has 0 bridgehead atoms. The number of sulfone groups is 1. The molecule has 0 saturated heterocycles. The lowest BCUT2D eigenvalue weighted by Crippen LogP contribution is -2.13. The molecule has 1 rings (SSSR count). The predicted molar refractivity (Wildman–Crippen MR) is 61.1 cm³/mol. The molecule has 0 atom stereocenters. The average Bonchev–Trinajstić information content (AvgIpc) is 2.21. The quantitative estimate of drug-likeness (QED) is 0.894. The van der Waals surface area contributed by atoms with Crippen molar-refractivity contribution in [1.82, 2.24) is 0 Å². The maximum Gasteiger partial charge on any atom is 0.341 e. The Balaban J connectivity index is 3.21. The Labute approximate surface area is 103 Å². The Morgan fingerprint density at radius 1 is 1.33 bits per heavy atom. The molecule has 7 heteroatoms. The van der Waals surface area contributed by atoms with Crippen molar-refractivity contribution >= 4 is 15.8 Å². The summed E-state index contributed by atoms with van der Waals surface area (Å²) in [4.78, 5) is 10.7. The molecule has 1 aromatic carbocycles. The minimum Gasteiger partial charge on any atom is -0.477 e. The molecule has 0 amide bonds. The molecular formula is C11H12F2O4S. The van der Waals surface area contributed by atoms with E-state index in [9.17, 15) is 22.0 Å². The average molecular weight is 278 g/mol. The SMILES string of the molecule is CCCS(=O)(=O)Cc1ccc(F)c(C(=O)O)c1F. The van der Waals surface area contributed by atoms with Gasteiger partial charge in [0.15, 0.2) is 9.84 Å². The van der Waals surface area contributed by atoms with Crippen LogP contribution in [-0.4, -0.2) is 25.2 Å². The van der Waals surface area contributed by atoms with Gasteiger partial charge in [0, 0.05) is 5.56 Å². The summed E-state index contributed by atoms with van der Waals surface area (Å²) in [6, 6.07) is 1.70. The van der Waals surface area contributed by atoms with Crippen molar-refractivity contribution in [3.05, 3.63) is 34.9 Å². The molecule has 0 radical (unpaired) electrons. The van der Waals surface area contributed by atoms with Crippen LogP contribution in [0.15, 0.2) is 12.1 Å². The lowest BCUT2D eigenvalue weighted by molar-refractivity contribution is 0.0686. The normalized spacial score (nSPS) is 11.5. The van der Waals surface area contributed by atoms with E-state index in [1.165, 1.54) is 0 Å². The van der Waals surface area contributed by atoms with Crippen LogP contribution in [0.25, 0.3) is 0 Å². The Morgan fingerprint density at radius 2 is 1.94 bits per heavy atom. The Kier molecular flexibility index (Phi) is 4.39. The first-order valence-corrected chi connectivity index (χ1v) is 7.01. The highest BCUT2D eigenvalue weighted by atomic mass is 32.2. The fraction of sp³-hybridized carbons (Fsp3) is 0.364. The highest BCUT2D eigenvalue weighted by Gasteiger charge is 2.22. The molecule has 0 unspecified atom stereocenters. The molecular weight excluding hydrogens is 266 g/mol. The number of aromatic carboxylic acids is 1. The van der Waals surface area contributed by atoms with Gasteiger partial charge in [0.05, 0.1) is 11.5 Å². The fourth-order valence-corrected chi connectivity index (χ4v) is 2.99. The van der Waals surface area contributed by atoms with Crippen molar-refractivity contribution < 1.29 is 27.1 Å². The van der Waals surface area contributed by atoms with Crippen molar-refractivity contribution in [2.24, 2.45) is 0 Å². The highest BCUT2D eigenvalue weighted by molar-refractivity contribution is 7.90. The van der Waals surface area contributed by atoms with Crippen molar-refractivity contribution in [2.75, 3.05) is 5.75 Å². The van der Waals surface area contributed by atoms with Crippen LogP contribution in [0.5, 0.6) is 0 Å². The standard InChI is InChI=1S/C11H12F2O4S/c1-2-5-18(16,17)6-7-3-4-8(12)9(10(7)13)11(14)15/h3-4H,2,5-6H2,1H3,(H,14,15). The largest absolute Gasteiger partial charge is 0.477 e. The third kappa shape index (κ3) is 3.25. The van der Waals surface area contributed by atoms with Gasteiger partial charge >= 0.3 is 5.97 Å². The lowest BCUT2D eigenvalue weighted by atomic mass is 10.1. The van der Waals surface area contributed by atoms with Gasteiger partial charge in [-0.3, -0.25) is 0 Å². The molecule has 0 aliphatic rings. The number of carboxylic acids is 1. The topological polar surface area (TPSA) is 71.4 Å². The van der Waals surface area contributed by atoms with Gasteiger partial charge in [-0.05, 0) is 12.5 Å². The molecule has 100 valence electrons. The number of rotatable bonds is 5. The van der Waals surface area contributed by atoms with E-state index in [1.807, 2.05) is 0 Å². The molecule has 4 nitrogen and oxygen atoms in total.